The highest BCUT2D eigenvalue weighted by atomic mass is 14.8. The molecule has 1 unspecified atom stereocenters. The van der Waals surface area contributed by atoms with Crippen molar-refractivity contribution in [2.75, 3.05) is 6.54 Å². The maximum Gasteiger partial charge on any atom is 0.0395 e. The molecule has 0 saturated carbocycles. The van der Waals surface area contributed by atoms with Gasteiger partial charge in [0.25, 0.3) is 0 Å². The lowest BCUT2D eigenvalue weighted by Crippen LogP contribution is -2.08. The van der Waals surface area contributed by atoms with Gasteiger partial charge in [-0.3, -0.25) is 4.99 Å². The first-order valence-electron chi connectivity index (χ1n) is 4.93. The quantitative estimate of drug-likeness (QED) is 0.652. The second-order valence-electron chi connectivity index (χ2n) is 3.73. The van der Waals surface area contributed by atoms with Crippen LogP contribution in [-0.4, -0.2) is 12.3 Å². The standard InChI is InChI=1S/C12H15N/c1-10-7-8-13-12(10)9-11-5-3-2-4-6-11/h2-6,10H,7-9H2,1H3. The van der Waals surface area contributed by atoms with Gasteiger partial charge in [-0.05, 0) is 17.9 Å². The fourth-order valence-electron chi connectivity index (χ4n) is 1.76. The lowest BCUT2D eigenvalue weighted by Gasteiger charge is -2.06. The van der Waals surface area contributed by atoms with Crippen LogP contribution in [0, 0.1) is 5.92 Å². The first kappa shape index (κ1) is 8.49. The lowest BCUT2D eigenvalue weighted by atomic mass is 9.98. The van der Waals surface area contributed by atoms with Crippen LogP contribution in [0.2, 0.25) is 0 Å². The topological polar surface area (TPSA) is 12.4 Å². The number of aliphatic imine (C=N–C) groups is 1. The Morgan fingerprint density at radius 2 is 2.08 bits per heavy atom. The van der Waals surface area contributed by atoms with Crippen molar-refractivity contribution < 1.29 is 0 Å². The molecule has 2 rings (SSSR count). The molecule has 0 N–H and O–H groups in total. The van der Waals surface area contributed by atoms with Gasteiger partial charge in [0.05, 0.1) is 0 Å². The summed E-state index contributed by atoms with van der Waals surface area (Å²) in [6, 6.07) is 10.6. The van der Waals surface area contributed by atoms with Crippen molar-refractivity contribution in [1.82, 2.24) is 0 Å². The number of nitrogens with zero attached hydrogens (tertiary/aromatic N) is 1. The maximum atomic E-state index is 4.53. The normalized spacial score (nSPS) is 21.6. The molecule has 1 aromatic carbocycles. The van der Waals surface area contributed by atoms with Crippen molar-refractivity contribution in [3.63, 3.8) is 0 Å². The molecule has 0 bridgehead atoms. The van der Waals surface area contributed by atoms with E-state index >= 15 is 0 Å². The van der Waals surface area contributed by atoms with Crippen LogP contribution >= 0.6 is 0 Å². The fraction of sp³-hybridized carbons (Fsp3) is 0.417. The molecular formula is C12H15N. The predicted octanol–water partition coefficient (Wildman–Crippen LogP) is 2.71. The van der Waals surface area contributed by atoms with Crippen LogP contribution in [0.25, 0.3) is 0 Å². The summed E-state index contributed by atoms with van der Waals surface area (Å²) in [6.07, 6.45) is 2.28. The van der Waals surface area contributed by atoms with E-state index in [1.807, 2.05) is 0 Å². The maximum absolute atomic E-state index is 4.53. The molecule has 68 valence electrons. The highest BCUT2D eigenvalue weighted by molar-refractivity contribution is 5.89. The Kier molecular flexibility index (Phi) is 2.44. The van der Waals surface area contributed by atoms with Crippen LogP contribution < -0.4 is 0 Å². The van der Waals surface area contributed by atoms with Crippen molar-refractivity contribution in [1.29, 1.82) is 0 Å². The second-order valence-corrected chi connectivity index (χ2v) is 3.73. The summed E-state index contributed by atoms with van der Waals surface area (Å²) in [4.78, 5) is 4.53. The van der Waals surface area contributed by atoms with Gasteiger partial charge < -0.3 is 0 Å². The summed E-state index contributed by atoms with van der Waals surface area (Å²) in [5.41, 5.74) is 2.77. The third kappa shape index (κ3) is 1.97. The molecule has 1 heteroatoms. The van der Waals surface area contributed by atoms with E-state index in [1.54, 1.807) is 0 Å². The molecule has 0 spiro atoms. The molecule has 1 aliphatic rings. The average Bonchev–Trinajstić information content (AvgIpc) is 2.54. The third-order valence-electron chi connectivity index (χ3n) is 2.67. The minimum absolute atomic E-state index is 0.695. The molecule has 0 aromatic heterocycles. The van der Waals surface area contributed by atoms with E-state index in [2.05, 4.69) is 42.2 Å². The van der Waals surface area contributed by atoms with E-state index in [0.29, 0.717) is 5.92 Å². The molecule has 1 aliphatic heterocycles. The van der Waals surface area contributed by atoms with Crippen LogP contribution in [0.4, 0.5) is 0 Å². The first-order chi connectivity index (χ1) is 6.36. The summed E-state index contributed by atoms with van der Waals surface area (Å²) in [6.45, 7) is 3.30. The highest BCUT2D eigenvalue weighted by Crippen LogP contribution is 2.16. The van der Waals surface area contributed by atoms with Crippen molar-refractivity contribution in [3.8, 4) is 0 Å². The molecule has 0 radical (unpaired) electrons. The molecule has 13 heavy (non-hydrogen) atoms. The van der Waals surface area contributed by atoms with E-state index in [9.17, 15) is 0 Å². The molecule has 0 saturated heterocycles. The lowest BCUT2D eigenvalue weighted by molar-refractivity contribution is 0.744. The Bertz CT molecular complexity index is 300. The fourth-order valence-corrected chi connectivity index (χ4v) is 1.76. The molecule has 0 amide bonds. The van der Waals surface area contributed by atoms with Crippen molar-refractivity contribution in [2.24, 2.45) is 10.9 Å². The van der Waals surface area contributed by atoms with Crippen LogP contribution in [0.5, 0.6) is 0 Å². The Morgan fingerprint density at radius 1 is 1.31 bits per heavy atom. The zero-order valence-corrected chi connectivity index (χ0v) is 8.03. The van der Waals surface area contributed by atoms with Crippen LogP contribution in [-0.2, 0) is 6.42 Å². The molecule has 0 fully saturated rings. The van der Waals surface area contributed by atoms with Crippen LogP contribution in [0.3, 0.4) is 0 Å². The van der Waals surface area contributed by atoms with Crippen LogP contribution in [0.15, 0.2) is 35.3 Å². The Hall–Kier alpha value is -1.11. The molecule has 1 heterocycles. The molecule has 1 atom stereocenters. The van der Waals surface area contributed by atoms with E-state index in [-0.39, 0.29) is 0 Å². The van der Waals surface area contributed by atoms with E-state index in [4.69, 9.17) is 0 Å². The molecule has 1 aromatic rings. The number of rotatable bonds is 2. The van der Waals surface area contributed by atoms with Crippen molar-refractivity contribution in [3.05, 3.63) is 35.9 Å². The van der Waals surface area contributed by atoms with Crippen molar-refractivity contribution >= 4 is 5.71 Å². The largest absolute Gasteiger partial charge is 0.293 e. The Morgan fingerprint density at radius 3 is 2.69 bits per heavy atom. The SMILES string of the molecule is CC1CCN=C1Cc1ccccc1. The average molecular weight is 173 g/mol. The van der Waals surface area contributed by atoms with Gasteiger partial charge >= 0.3 is 0 Å². The van der Waals surface area contributed by atoms with E-state index < -0.39 is 0 Å². The molecular weight excluding hydrogens is 158 g/mol. The minimum atomic E-state index is 0.695. The number of hydrogen-bond donors (Lipinski definition) is 0. The summed E-state index contributed by atoms with van der Waals surface area (Å²) in [7, 11) is 0. The zero-order valence-electron chi connectivity index (χ0n) is 8.03. The van der Waals surface area contributed by atoms with Gasteiger partial charge in [-0.2, -0.15) is 0 Å². The summed E-state index contributed by atoms with van der Waals surface area (Å²) in [5, 5.41) is 0. The summed E-state index contributed by atoms with van der Waals surface area (Å²) in [5.74, 6) is 0.695. The third-order valence-corrected chi connectivity index (χ3v) is 2.67. The Balaban J connectivity index is 2.06. The van der Waals surface area contributed by atoms with Gasteiger partial charge in [0, 0.05) is 18.7 Å². The van der Waals surface area contributed by atoms with E-state index in [1.165, 1.54) is 17.7 Å². The zero-order chi connectivity index (χ0) is 9.10. The van der Waals surface area contributed by atoms with Gasteiger partial charge in [0.1, 0.15) is 0 Å². The summed E-state index contributed by atoms with van der Waals surface area (Å²) >= 11 is 0. The second kappa shape index (κ2) is 3.73. The van der Waals surface area contributed by atoms with Gasteiger partial charge in [0.2, 0.25) is 0 Å². The van der Waals surface area contributed by atoms with Gasteiger partial charge in [-0.1, -0.05) is 37.3 Å². The first-order valence-corrected chi connectivity index (χ1v) is 4.93. The van der Waals surface area contributed by atoms with Gasteiger partial charge in [0.15, 0.2) is 0 Å². The molecule has 1 nitrogen and oxygen atoms in total. The van der Waals surface area contributed by atoms with Gasteiger partial charge in [-0.25, -0.2) is 0 Å². The van der Waals surface area contributed by atoms with Gasteiger partial charge in [-0.15, -0.1) is 0 Å². The number of hydrogen-bond acceptors (Lipinski definition) is 1. The van der Waals surface area contributed by atoms with Crippen molar-refractivity contribution in [2.45, 2.75) is 19.8 Å². The number of benzene rings is 1. The smallest absolute Gasteiger partial charge is 0.0395 e. The van der Waals surface area contributed by atoms with E-state index in [0.717, 1.165) is 13.0 Å². The molecule has 0 aliphatic carbocycles. The monoisotopic (exact) mass is 173 g/mol. The summed E-state index contributed by atoms with van der Waals surface area (Å²) < 4.78 is 0. The predicted molar refractivity (Wildman–Crippen MR) is 56.2 cm³/mol. The minimum Gasteiger partial charge on any atom is -0.293 e. The van der Waals surface area contributed by atoms with Crippen LogP contribution in [0.1, 0.15) is 18.9 Å². The highest BCUT2D eigenvalue weighted by Gasteiger charge is 2.15. The Labute approximate surface area is 79.5 Å².